The van der Waals surface area contributed by atoms with Crippen molar-refractivity contribution in [2.45, 2.75) is 26.8 Å². The molecule has 7 nitrogen and oxygen atoms in total. The Balaban J connectivity index is 1.62. The van der Waals surface area contributed by atoms with Crippen LogP contribution in [0.3, 0.4) is 0 Å². The summed E-state index contributed by atoms with van der Waals surface area (Å²) >= 11 is 0. The predicted octanol–water partition coefficient (Wildman–Crippen LogP) is 1.31. The van der Waals surface area contributed by atoms with E-state index in [1.54, 1.807) is 10.8 Å². The van der Waals surface area contributed by atoms with Gasteiger partial charge in [0.25, 0.3) is 5.78 Å². The van der Waals surface area contributed by atoms with Gasteiger partial charge in [0.2, 0.25) is 0 Å². The lowest BCUT2D eigenvalue weighted by Gasteiger charge is -2.41. The lowest BCUT2D eigenvalue weighted by Crippen LogP contribution is -2.49. The molecule has 0 unspecified atom stereocenters. The molecule has 1 aliphatic rings. The van der Waals surface area contributed by atoms with Crippen LogP contribution in [0.2, 0.25) is 0 Å². The fraction of sp³-hybridized carbons (Fsp3) is 0.429. The van der Waals surface area contributed by atoms with E-state index in [-0.39, 0.29) is 0 Å². The molecule has 0 saturated carbocycles. The predicted molar refractivity (Wildman–Crippen MR) is 78.5 cm³/mol. The summed E-state index contributed by atoms with van der Waals surface area (Å²) in [6, 6.07) is 4.60. The molecule has 1 fully saturated rings. The molecule has 3 aromatic rings. The molecule has 4 rings (SSSR count). The van der Waals surface area contributed by atoms with Crippen molar-refractivity contribution in [2.75, 3.05) is 18.0 Å². The van der Waals surface area contributed by atoms with Crippen molar-refractivity contribution < 1.29 is 0 Å². The average molecular weight is 283 g/mol. The van der Waals surface area contributed by atoms with E-state index in [1.165, 1.54) is 5.69 Å². The molecule has 0 aromatic carbocycles. The SMILES string of the molecule is Cc1cc(N2CC(n3nc(C)cc3C)C2)n2ncnc2n1. The van der Waals surface area contributed by atoms with Gasteiger partial charge in [-0.15, -0.1) is 0 Å². The third-order valence-corrected chi connectivity index (χ3v) is 3.94. The normalized spacial score (nSPS) is 15.7. The molecule has 0 radical (unpaired) electrons. The number of aryl methyl sites for hydroxylation is 3. The van der Waals surface area contributed by atoms with Gasteiger partial charge in [-0.25, -0.2) is 4.98 Å². The quantitative estimate of drug-likeness (QED) is 0.709. The van der Waals surface area contributed by atoms with Crippen LogP contribution in [0, 0.1) is 20.8 Å². The maximum atomic E-state index is 4.57. The standard InChI is InChI=1S/C14H17N7/c1-9-5-13(21-14(17-9)15-8-16-21)19-6-12(7-19)20-11(3)4-10(2)18-20/h4-5,8,12H,6-7H2,1-3H3. The van der Waals surface area contributed by atoms with Gasteiger partial charge in [0, 0.05) is 30.5 Å². The maximum absolute atomic E-state index is 4.57. The monoisotopic (exact) mass is 283 g/mol. The number of nitrogens with zero attached hydrogens (tertiary/aromatic N) is 7. The topological polar surface area (TPSA) is 64.1 Å². The van der Waals surface area contributed by atoms with Crippen LogP contribution in [0.1, 0.15) is 23.1 Å². The first kappa shape index (κ1) is 12.3. The molecular weight excluding hydrogens is 266 g/mol. The van der Waals surface area contributed by atoms with Gasteiger partial charge in [-0.1, -0.05) is 0 Å². The second kappa shape index (κ2) is 4.28. The highest BCUT2D eigenvalue weighted by molar-refractivity contribution is 5.49. The van der Waals surface area contributed by atoms with E-state index < -0.39 is 0 Å². The molecule has 21 heavy (non-hydrogen) atoms. The Morgan fingerprint density at radius 3 is 2.62 bits per heavy atom. The summed E-state index contributed by atoms with van der Waals surface area (Å²) in [6.07, 6.45) is 1.55. The fourth-order valence-corrected chi connectivity index (χ4v) is 2.95. The van der Waals surface area contributed by atoms with Crippen LogP contribution in [-0.4, -0.2) is 42.5 Å². The fourth-order valence-electron chi connectivity index (χ4n) is 2.95. The summed E-state index contributed by atoms with van der Waals surface area (Å²) in [5.41, 5.74) is 3.25. The third-order valence-electron chi connectivity index (χ3n) is 3.94. The van der Waals surface area contributed by atoms with E-state index >= 15 is 0 Å². The van der Waals surface area contributed by atoms with Gasteiger partial charge in [-0.05, 0) is 26.8 Å². The van der Waals surface area contributed by atoms with E-state index in [1.807, 2.05) is 13.8 Å². The lowest BCUT2D eigenvalue weighted by molar-refractivity contribution is 0.357. The van der Waals surface area contributed by atoms with Gasteiger partial charge in [0.05, 0.1) is 11.7 Å². The summed E-state index contributed by atoms with van der Waals surface area (Å²) in [5.74, 6) is 1.70. The molecule has 0 bridgehead atoms. The van der Waals surface area contributed by atoms with Gasteiger partial charge in [-0.3, -0.25) is 4.68 Å². The van der Waals surface area contributed by atoms with Crippen LogP contribution in [-0.2, 0) is 0 Å². The van der Waals surface area contributed by atoms with E-state index in [0.29, 0.717) is 11.8 Å². The first-order valence-corrected chi connectivity index (χ1v) is 7.07. The lowest BCUT2D eigenvalue weighted by atomic mass is 10.1. The van der Waals surface area contributed by atoms with Crippen molar-refractivity contribution in [1.29, 1.82) is 0 Å². The van der Waals surface area contributed by atoms with Crippen LogP contribution in [0.25, 0.3) is 5.78 Å². The summed E-state index contributed by atoms with van der Waals surface area (Å²) < 4.78 is 3.92. The first-order chi connectivity index (χ1) is 10.1. The highest BCUT2D eigenvalue weighted by Gasteiger charge is 2.31. The minimum atomic E-state index is 0.422. The molecule has 4 heterocycles. The molecule has 0 aliphatic carbocycles. The van der Waals surface area contributed by atoms with Gasteiger partial charge in [0.15, 0.2) is 0 Å². The molecule has 1 aliphatic heterocycles. The van der Waals surface area contributed by atoms with Crippen LogP contribution < -0.4 is 4.90 Å². The Morgan fingerprint density at radius 1 is 1.10 bits per heavy atom. The zero-order valence-electron chi connectivity index (χ0n) is 12.4. The first-order valence-electron chi connectivity index (χ1n) is 7.07. The number of hydrogen-bond donors (Lipinski definition) is 0. The Bertz CT molecular complexity index is 810. The molecule has 1 saturated heterocycles. The smallest absolute Gasteiger partial charge is 0.254 e. The molecule has 0 atom stereocenters. The highest BCUT2D eigenvalue weighted by atomic mass is 15.4. The Morgan fingerprint density at radius 2 is 1.90 bits per heavy atom. The number of aromatic nitrogens is 6. The number of rotatable bonds is 2. The third kappa shape index (κ3) is 1.88. The minimum absolute atomic E-state index is 0.422. The summed E-state index contributed by atoms with van der Waals surface area (Å²) in [7, 11) is 0. The summed E-state index contributed by atoms with van der Waals surface area (Å²) in [6.45, 7) is 7.98. The van der Waals surface area contributed by atoms with E-state index in [0.717, 1.165) is 30.3 Å². The Labute approximate surface area is 122 Å². The number of fused-ring (bicyclic) bond motifs is 1. The van der Waals surface area contributed by atoms with Crippen LogP contribution in [0.4, 0.5) is 5.82 Å². The Hall–Kier alpha value is -2.44. The zero-order chi connectivity index (χ0) is 14.6. The second-order valence-corrected chi connectivity index (χ2v) is 5.66. The highest BCUT2D eigenvalue weighted by Crippen LogP contribution is 2.28. The van der Waals surface area contributed by atoms with E-state index in [9.17, 15) is 0 Å². The summed E-state index contributed by atoms with van der Waals surface area (Å²) in [5, 5.41) is 8.83. The van der Waals surface area contributed by atoms with Crippen molar-refractivity contribution in [2.24, 2.45) is 0 Å². The summed E-state index contributed by atoms with van der Waals surface area (Å²) in [4.78, 5) is 10.8. The number of hydrogen-bond acceptors (Lipinski definition) is 5. The molecule has 0 spiro atoms. The zero-order valence-corrected chi connectivity index (χ0v) is 12.4. The average Bonchev–Trinajstić information content (AvgIpc) is 2.94. The van der Waals surface area contributed by atoms with Gasteiger partial charge < -0.3 is 4.90 Å². The Kier molecular flexibility index (Phi) is 2.51. The van der Waals surface area contributed by atoms with Gasteiger partial charge >= 0.3 is 0 Å². The van der Waals surface area contributed by atoms with Crippen LogP contribution >= 0.6 is 0 Å². The number of anilines is 1. The van der Waals surface area contributed by atoms with Crippen molar-refractivity contribution in [3.63, 3.8) is 0 Å². The van der Waals surface area contributed by atoms with Gasteiger partial charge in [-0.2, -0.15) is 19.7 Å². The molecule has 0 N–H and O–H groups in total. The van der Waals surface area contributed by atoms with Crippen molar-refractivity contribution >= 4 is 11.6 Å². The molecule has 108 valence electrons. The van der Waals surface area contributed by atoms with Crippen LogP contribution in [0.5, 0.6) is 0 Å². The second-order valence-electron chi connectivity index (χ2n) is 5.66. The van der Waals surface area contributed by atoms with Gasteiger partial charge in [0.1, 0.15) is 12.1 Å². The van der Waals surface area contributed by atoms with Crippen molar-refractivity contribution in [3.8, 4) is 0 Å². The van der Waals surface area contributed by atoms with Crippen LogP contribution in [0.15, 0.2) is 18.5 Å². The van der Waals surface area contributed by atoms with Crippen molar-refractivity contribution in [3.05, 3.63) is 35.5 Å². The van der Waals surface area contributed by atoms with E-state index in [4.69, 9.17) is 0 Å². The van der Waals surface area contributed by atoms with E-state index in [2.05, 4.69) is 48.8 Å². The molecule has 0 amide bonds. The molecule has 7 heteroatoms. The molecular formula is C14H17N7. The maximum Gasteiger partial charge on any atom is 0.254 e. The molecule has 3 aromatic heterocycles. The largest absolute Gasteiger partial charge is 0.352 e. The van der Waals surface area contributed by atoms with Crippen molar-refractivity contribution in [1.82, 2.24) is 29.4 Å². The minimum Gasteiger partial charge on any atom is -0.352 e.